The second kappa shape index (κ2) is 10.3. The fourth-order valence-corrected chi connectivity index (χ4v) is 7.10. The first-order valence-corrected chi connectivity index (χ1v) is 14.4. The van der Waals surface area contributed by atoms with E-state index in [0.717, 1.165) is 32.2 Å². The van der Waals surface area contributed by atoms with E-state index >= 15 is 0 Å². The molecule has 0 radical (unpaired) electrons. The third-order valence-electron chi connectivity index (χ3n) is 7.99. The van der Waals surface area contributed by atoms with Gasteiger partial charge in [-0.15, -0.1) is 10.2 Å². The van der Waals surface area contributed by atoms with Gasteiger partial charge in [0, 0.05) is 42.0 Å². The van der Waals surface area contributed by atoms with Gasteiger partial charge in [0.2, 0.25) is 11.8 Å². The van der Waals surface area contributed by atoms with Crippen molar-refractivity contribution in [2.45, 2.75) is 57.4 Å². The quantitative estimate of drug-likeness (QED) is 0.555. The van der Waals surface area contributed by atoms with Gasteiger partial charge in [-0.3, -0.25) is 0 Å². The molecule has 0 bridgehead atoms. The molecule has 9 nitrogen and oxygen atoms in total. The predicted molar refractivity (Wildman–Crippen MR) is 145 cm³/mol. The maximum absolute atomic E-state index is 14.7. The molecule has 0 unspecified atom stereocenters. The average molecular weight is 544 g/mol. The first-order chi connectivity index (χ1) is 18.1. The third kappa shape index (κ3) is 4.94. The zero-order valence-electron chi connectivity index (χ0n) is 22.3. The molecule has 0 atom stereocenters. The van der Waals surface area contributed by atoms with E-state index in [0.29, 0.717) is 41.4 Å². The molecule has 0 aliphatic carbocycles. The second-order valence-corrected chi connectivity index (χ2v) is 12.5. The van der Waals surface area contributed by atoms with Crippen molar-refractivity contribution >= 4 is 21.0 Å². The molecule has 38 heavy (non-hydrogen) atoms. The highest BCUT2D eigenvalue weighted by molar-refractivity contribution is 8.04. The Morgan fingerprint density at radius 3 is 2.50 bits per heavy atom. The number of aromatic nitrogens is 1. The van der Waals surface area contributed by atoms with E-state index in [4.69, 9.17) is 9.47 Å². The van der Waals surface area contributed by atoms with Crippen molar-refractivity contribution in [1.82, 2.24) is 14.2 Å². The van der Waals surface area contributed by atoms with Gasteiger partial charge in [0.15, 0.2) is 5.04 Å². The number of rotatable bonds is 5. The van der Waals surface area contributed by atoms with Crippen LogP contribution in [0, 0.1) is 5.82 Å². The van der Waals surface area contributed by atoms with Crippen LogP contribution >= 0.6 is 0 Å². The van der Waals surface area contributed by atoms with Crippen molar-refractivity contribution in [3.63, 3.8) is 0 Å². The Hall–Kier alpha value is -2.89. The number of likely N-dealkylation sites (tertiary alicyclic amines) is 1. The molecule has 204 valence electrons. The molecule has 3 aliphatic heterocycles. The number of nitrogens with zero attached hydrogens (tertiary/aromatic N) is 5. The number of halogens is 1. The molecule has 1 spiro atoms. The van der Waals surface area contributed by atoms with E-state index < -0.39 is 15.8 Å². The first kappa shape index (κ1) is 26.7. The number of benzene rings is 1. The van der Waals surface area contributed by atoms with Crippen LogP contribution in [0.15, 0.2) is 40.7 Å². The summed E-state index contributed by atoms with van der Waals surface area (Å²) < 4.78 is 54.5. The number of hydrogen-bond donors (Lipinski definition) is 0. The van der Waals surface area contributed by atoms with Crippen LogP contribution in [-0.4, -0.2) is 72.9 Å². The summed E-state index contributed by atoms with van der Waals surface area (Å²) in [5.41, 5.74) is 1.89. The van der Waals surface area contributed by atoms with Gasteiger partial charge in [-0.2, -0.15) is 4.31 Å². The van der Waals surface area contributed by atoms with E-state index in [-0.39, 0.29) is 28.8 Å². The van der Waals surface area contributed by atoms with Gasteiger partial charge in [-0.05, 0) is 69.0 Å². The number of ether oxygens (including phenoxy) is 2. The van der Waals surface area contributed by atoms with Crippen LogP contribution in [0.2, 0.25) is 0 Å². The zero-order valence-corrected chi connectivity index (χ0v) is 23.1. The van der Waals surface area contributed by atoms with Crippen LogP contribution in [-0.2, 0) is 10.0 Å². The molecule has 2 aromatic rings. The lowest BCUT2D eigenvalue weighted by Gasteiger charge is -2.43. The maximum atomic E-state index is 14.7. The van der Waals surface area contributed by atoms with Crippen LogP contribution < -0.4 is 9.47 Å². The number of piperidine rings is 1. The smallest absolute Gasteiger partial charge is 0.258 e. The normalized spacial score (nSPS) is 20.2. The van der Waals surface area contributed by atoms with Crippen molar-refractivity contribution in [2.24, 2.45) is 10.2 Å². The van der Waals surface area contributed by atoms with Crippen LogP contribution in [0.4, 0.5) is 4.39 Å². The molecule has 1 aromatic heterocycles. The molecule has 0 saturated carbocycles. The highest BCUT2D eigenvalue weighted by Crippen LogP contribution is 2.40. The molecular formula is C27H34FN5O4S. The SMILES string of the molecule is COc1cc(-c2cc(F)cc(C(C)C)c2OC2=NN=C(S(=O)(=O)N3CCC4(CCCN4C)CC3)C2)ccn1. The molecule has 5 rings (SSSR count). The fourth-order valence-electron chi connectivity index (χ4n) is 5.69. The van der Waals surface area contributed by atoms with Crippen molar-refractivity contribution in [2.75, 3.05) is 33.8 Å². The van der Waals surface area contributed by atoms with E-state index in [2.05, 4.69) is 27.1 Å². The Labute approximate surface area is 223 Å². The molecular weight excluding hydrogens is 509 g/mol. The summed E-state index contributed by atoms with van der Waals surface area (Å²) in [6.07, 6.45) is 5.41. The summed E-state index contributed by atoms with van der Waals surface area (Å²) in [6, 6.07) is 6.24. The number of pyridine rings is 1. The lowest BCUT2D eigenvalue weighted by molar-refractivity contribution is 0.102. The fraction of sp³-hybridized carbons (Fsp3) is 0.519. The van der Waals surface area contributed by atoms with Crippen molar-refractivity contribution in [1.29, 1.82) is 0 Å². The Morgan fingerprint density at radius 1 is 1.08 bits per heavy atom. The summed E-state index contributed by atoms with van der Waals surface area (Å²) in [6.45, 7) is 5.86. The number of hydrogen-bond acceptors (Lipinski definition) is 8. The largest absolute Gasteiger partial charge is 0.481 e. The predicted octanol–water partition coefficient (Wildman–Crippen LogP) is 4.40. The highest BCUT2D eigenvalue weighted by Gasteiger charge is 2.44. The lowest BCUT2D eigenvalue weighted by atomic mass is 9.86. The topological polar surface area (TPSA) is 96.7 Å². The monoisotopic (exact) mass is 543 g/mol. The van der Waals surface area contributed by atoms with E-state index in [1.54, 1.807) is 18.3 Å². The minimum absolute atomic E-state index is 0.0245. The van der Waals surface area contributed by atoms with E-state index in [1.807, 2.05) is 13.8 Å². The Kier molecular flexibility index (Phi) is 7.27. The van der Waals surface area contributed by atoms with Crippen LogP contribution in [0.5, 0.6) is 11.6 Å². The zero-order chi connectivity index (χ0) is 27.1. The molecule has 2 fully saturated rings. The Morgan fingerprint density at radius 2 is 1.84 bits per heavy atom. The first-order valence-electron chi connectivity index (χ1n) is 13.0. The number of sulfonamides is 1. The average Bonchev–Trinajstić information content (AvgIpc) is 3.52. The summed E-state index contributed by atoms with van der Waals surface area (Å²) in [5, 5.41) is 8.08. The van der Waals surface area contributed by atoms with Gasteiger partial charge in [-0.1, -0.05) is 13.8 Å². The van der Waals surface area contributed by atoms with E-state index in [9.17, 15) is 12.8 Å². The third-order valence-corrected chi connectivity index (χ3v) is 9.86. The maximum Gasteiger partial charge on any atom is 0.258 e. The van der Waals surface area contributed by atoms with Crippen molar-refractivity contribution in [3.05, 3.63) is 41.8 Å². The summed E-state index contributed by atoms with van der Waals surface area (Å²) in [4.78, 5) is 6.51. The minimum Gasteiger partial charge on any atom is -0.481 e. The van der Waals surface area contributed by atoms with Gasteiger partial charge in [0.1, 0.15) is 11.6 Å². The minimum atomic E-state index is -3.77. The molecule has 11 heteroatoms. The summed E-state index contributed by atoms with van der Waals surface area (Å²) >= 11 is 0. The molecule has 2 saturated heterocycles. The van der Waals surface area contributed by atoms with Crippen LogP contribution in [0.3, 0.4) is 0 Å². The van der Waals surface area contributed by atoms with Crippen LogP contribution in [0.1, 0.15) is 57.4 Å². The highest BCUT2D eigenvalue weighted by atomic mass is 32.2. The summed E-state index contributed by atoms with van der Waals surface area (Å²) in [7, 11) is -0.129. The van der Waals surface area contributed by atoms with Gasteiger partial charge in [-0.25, -0.2) is 17.8 Å². The second-order valence-electron chi connectivity index (χ2n) is 10.5. The van der Waals surface area contributed by atoms with Gasteiger partial charge < -0.3 is 14.4 Å². The molecule has 0 amide bonds. The van der Waals surface area contributed by atoms with Gasteiger partial charge >= 0.3 is 0 Å². The van der Waals surface area contributed by atoms with E-state index in [1.165, 1.54) is 23.5 Å². The summed E-state index contributed by atoms with van der Waals surface area (Å²) in [5.74, 6) is 0.472. The molecule has 4 heterocycles. The van der Waals surface area contributed by atoms with Crippen molar-refractivity contribution < 1.29 is 22.3 Å². The number of methoxy groups -OCH3 is 1. The van der Waals surface area contributed by atoms with Crippen molar-refractivity contribution in [3.8, 4) is 22.8 Å². The standard InChI is InChI=1S/C27H34FN5O4S/c1-18(2)21-15-20(28)16-22(19-6-10-29-23(14-19)36-4)26(21)37-24-17-25(31-30-24)38(34,35)33-12-8-27(9-13-33)7-5-11-32(27)3/h6,10,14-16,18H,5,7-9,11-13,17H2,1-4H3. The Bertz CT molecular complexity index is 1380. The van der Waals surface area contributed by atoms with Gasteiger partial charge in [0.05, 0.1) is 13.5 Å². The Balaban J connectivity index is 1.35. The molecule has 3 aliphatic rings. The van der Waals surface area contributed by atoms with Crippen LogP contribution in [0.25, 0.3) is 11.1 Å². The van der Waals surface area contributed by atoms with Gasteiger partial charge in [0.25, 0.3) is 10.0 Å². The molecule has 0 N–H and O–H groups in total. The molecule has 1 aromatic carbocycles. The lowest BCUT2D eigenvalue weighted by Crippen LogP contribution is -2.52.